The van der Waals surface area contributed by atoms with Gasteiger partial charge in [0.25, 0.3) is 0 Å². The molecule has 3 rings (SSSR count). The van der Waals surface area contributed by atoms with Crippen molar-refractivity contribution in [3.05, 3.63) is 12.7 Å². The molecule has 0 radical (unpaired) electrons. The third kappa shape index (κ3) is 2.20. The zero-order chi connectivity index (χ0) is 16.8. The molecule has 0 amide bonds. The highest BCUT2D eigenvalue weighted by Crippen LogP contribution is 2.41. The Bertz CT molecular complexity index is 755. The Morgan fingerprint density at radius 2 is 2.30 bits per heavy atom. The Morgan fingerprint density at radius 3 is 2.91 bits per heavy atom. The van der Waals surface area contributed by atoms with Gasteiger partial charge in [-0.05, 0) is 0 Å². The minimum absolute atomic E-state index is 0.181. The quantitative estimate of drug-likeness (QED) is 0.488. The SMILES string of the molecule is CO[C@H]1[C@H](n2cnc3c(N)ncnc32)O[C@H](CO)[C@]1(O)C(=O)S. The molecule has 11 heteroatoms. The number of ether oxygens (including phenoxy) is 2. The number of aliphatic hydroxyl groups is 2. The van der Waals surface area contributed by atoms with Gasteiger partial charge in [0.1, 0.15) is 24.1 Å². The van der Waals surface area contributed by atoms with Gasteiger partial charge in [-0.1, -0.05) is 0 Å². The number of aromatic nitrogens is 4. The maximum absolute atomic E-state index is 11.8. The summed E-state index contributed by atoms with van der Waals surface area (Å²) in [5.41, 5.74) is 4.31. The maximum Gasteiger partial charge on any atom is 0.223 e. The highest BCUT2D eigenvalue weighted by molar-refractivity contribution is 7.96. The number of imidazole rings is 1. The minimum Gasteiger partial charge on any atom is -0.394 e. The van der Waals surface area contributed by atoms with Gasteiger partial charge in [0, 0.05) is 7.11 Å². The van der Waals surface area contributed by atoms with Crippen LogP contribution in [0.5, 0.6) is 0 Å². The van der Waals surface area contributed by atoms with Crippen molar-refractivity contribution in [1.29, 1.82) is 0 Å². The smallest absolute Gasteiger partial charge is 0.223 e. The third-order valence-electron chi connectivity index (χ3n) is 3.91. The van der Waals surface area contributed by atoms with E-state index in [1.54, 1.807) is 0 Å². The fraction of sp³-hybridized carbons (Fsp3) is 0.500. The molecule has 0 bridgehead atoms. The molecule has 23 heavy (non-hydrogen) atoms. The number of nitrogens with zero attached hydrogens (tertiary/aromatic N) is 4. The number of nitrogens with two attached hydrogens (primary N) is 1. The number of methoxy groups -OCH3 is 1. The number of thiol groups is 1. The van der Waals surface area contributed by atoms with Gasteiger partial charge < -0.3 is 25.4 Å². The first kappa shape index (κ1) is 16.1. The number of fused-ring (bicyclic) bond motifs is 1. The van der Waals surface area contributed by atoms with E-state index in [2.05, 4.69) is 27.6 Å². The van der Waals surface area contributed by atoms with Gasteiger partial charge >= 0.3 is 0 Å². The molecule has 0 unspecified atom stereocenters. The van der Waals surface area contributed by atoms with Crippen LogP contribution in [0.25, 0.3) is 11.2 Å². The van der Waals surface area contributed by atoms with Crippen LogP contribution in [0.1, 0.15) is 6.23 Å². The average molecular weight is 341 g/mol. The fourth-order valence-electron chi connectivity index (χ4n) is 2.75. The largest absolute Gasteiger partial charge is 0.394 e. The van der Waals surface area contributed by atoms with E-state index in [1.165, 1.54) is 24.3 Å². The van der Waals surface area contributed by atoms with Crippen LogP contribution in [0.3, 0.4) is 0 Å². The second kappa shape index (κ2) is 5.69. The van der Waals surface area contributed by atoms with Crippen molar-refractivity contribution in [3.63, 3.8) is 0 Å². The Labute approximate surface area is 135 Å². The van der Waals surface area contributed by atoms with Crippen LogP contribution in [0.15, 0.2) is 12.7 Å². The summed E-state index contributed by atoms with van der Waals surface area (Å²) in [6, 6.07) is 0. The lowest BCUT2D eigenvalue weighted by molar-refractivity contribution is -0.146. The summed E-state index contributed by atoms with van der Waals surface area (Å²) in [5.74, 6) is 0.181. The molecule has 1 aliphatic rings. The number of aliphatic hydroxyl groups excluding tert-OH is 1. The topological polar surface area (TPSA) is 146 Å². The predicted molar refractivity (Wildman–Crippen MR) is 80.5 cm³/mol. The zero-order valence-electron chi connectivity index (χ0n) is 12.0. The number of carbonyl (C=O) groups excluding carboxylic acids is 1. The molecule has 2 aromatic rings. The molecule has 0 spiro atoms. The summed E-state index contributed by atoms with van der Waals surface area (Å²) < 4.78 is 12.3. The van der Waals surface area contributed by atoms with Crippen LogP contribution in [0, 0.1) is 0 Å². The zero-order valence-corrected chi connectivity index (χ0v) is 12.9. The van der Waals surface area contributed by atoms with Crippen molar-refractivity contribution in [2.75, 3.05) is 19.5 Å². The van der Waals surface area contributed by atoms with E-state index in [4.69, 9.17) is 15.2 Å². The molecular formula is C12H15N5O5S. The Balaban J connectivity index is 2.12. The van der Waals surface area contributed by atoms with Crippen LogP contribution in [0.4, 0.5) is 5.82 Å². The van der Waals surface area contributed by atoms with Gasteiger partial charge in [0.15, 0.2) is 23.3 Å². The van der Waals surface area contributed by atoms with Crippen LogP contribution >= 0.6 is 12.6 Å². The fourth-order valence-corrected chi connectivity index (χ4v) is 3.02. The predicted octanol–water partition coefficient (Wildman–Crippen LogP) is -1.50. The number of hydrogen-bond acceptors (Lipinski definition) is 9. The molecule has 0 aromatic carbocycles. The highest BCUT2D eigenvalue weighted by atomic mass is 32.1. The monoisotopic (exact) mass is 341 g/mol. The van der Waals surface area contributed by atoms with E-state index in [0.717, 1.165) is 0 Å². The van der Waals surface area contributed by atoms with E-state index < -0.39 is 35.8 Å². The molecule has 10 nitrogen and oxygen atoms in total. The molecule has 4 atom stereocenters. The van der Waals surface area contributed by atoms with Crippen molar-refractivity contribution in [1.82, 2.24) is 19.5 Å². The second-order valence-electron chi connectivity index (χ2n) is 5.07. The lowest BCUT2D eigenvalue weighted by atomic mass is 9.93. The number of anilines is 1. The van der Waals surface area contributed by atoms with Gasteiger partial charge in [-0.2, -0.15) is 0 Å². The Morgan fingerprint density at radius 1 is 1.57 bits per heavy atom. The maximum atomic E-state index is 11.8. The first-order chi connectivity index (χ1) is 10.9. The lowest BCUT2D eigenvalue weighted by Crippen LogP contribution is -2.54. The van der Waals surface area contributed by atoms with E-state index in [9.17, 15) is 15.0 Å². The van der Waals surface area contributed by atoms with Gasteiger partial charge in [0.05, 0.1) is 12.9 Å². The van der Waals surface area contributed by atoms with Crippen LogP contribution in [0.2, 0.25) is 0 Å². The van der Waals surface area contributed by atoms with E-state index in [0.29, 0.717) is 11.2 Å². The average Bonchev–Trinajstić information content (AvgIpc) is 3.07. The van der Waals surface area contributed by atoms with E-state index in [-0.39, 0.29) is 5.82 Å². The molecule has 2 aromatic heterocycles. The second-order valence-corrected chi connectivity index (χ2v) is 5.47. The summed E-state index contributed by atoms with van der Waals surface area (Å²) >= 11 is 3.70. The van der Waals surface area contributed by atoms with Gasteiger partial charge in [-0.15, -0.1) is 12.6 Å². The summed E-state index contributed by atoms with van der Waals surface area (Å²) in [5, 5.41) is 19.2. The number of carbonyl (C=O) groups is 1. The first-order valence-electron chi connectivity index (χ1n) is 6.63. The molecule has 1 aliphatic heterocycles. The first-order valence-corrected chi connectivity index (χ1v) is 7.07. The minimum atomic E-state index is -2.12. The van der Waals surface area contributed by atoms with E-state index in [1.807, 2.05) is 0 Å². The van der Waals surface area contributed by atoms with Gasteiger partial charge in [0.2, 0.25) is 5.12 Å². The molecule has 0 saturated carbocycles. The van der Waals surface area contributed by atoms with E-state index >= 15 is 0 Å². The molecule has 4 N–H and O–H groups in total. The molecule has 1 saturated heterocycles. The lowest BCUT2D eigenvalue weighted by Gasteiger charge is -2.28. The van der Waals surface area contributed by atoms with Crippen LogP contribution < -0.4 is 5.73 Å². The standard InChI is InChI=1S/C12H15N5O5S/c1-21-7-10(22-5(2-18)12(7,20)11(19)23)17-4-16-6-8(13)14-3-15-9(6)17/h3-5,7,10,18,20H,2H2,1H3,(H,19,23)(H2,13,14,15)/t5-,7+,10-,12-/m1/s1. The molecule has 0 aliphatic carbocycles. The molecule has 124 valence electrons. The third-order valence-corrected chi connectivity index (χ3v) is 4.27. The van der Waals surface area contributed by atoms with Crippen molar-refractivity contribution in [3.8, 4) is 0 Å². The summed E-state index contributed by atoms with van der Waals surface area (Å²) in [6.45, 7) is -0.594. The van der Waals surface area contributed by atoms with Crippen molar-refractivity contribution in [2.24, 2.45) is 0 Å². The molecular weight excluding hydrogens is 326 g/mol. The summed E-state index contributed by atoms with van der Waals surface area (Å²) in [7, 11) is 1.31. The Hall–Kier alpha value is -1.79. The van der Waals surface area contributed by atoms with Crippen molar-refractivity contribution >= 4 is 34.7 Å². The normalized spacial score (nSPS) is 30.9. The van der Waals surface area contributed by atoms with Crippen LogP contribution in [-0.2, 0) is 14.3 Å². The van der Waals surface area contributed by atoms with Crippen molar-refractivity contribution in [2.45, 2.75) is 24.0 Å². The summed E-state index contributed by atoms with van der Waals surface area (Å²) in [6.07, 6.45) is -0.656. The highest BCUT2D eigenvalue weighted by Gasteiger charge is 2.60. The molecule has 3 heterocycles. The van der Waals surface area contributed by atoms with Gasteiger partial charge in [-0.25, -0.2) is 15.0 Å². The number of hydrogen-bond donors (Lipinski definition) is 4. The van der Waals surface area contributed by atoms with Crippen LogP contribution in [-0.4, -0.2) is 66.4 Å². The number of rotatable bonds is 4. The van der Waals surface area contributed by atoms with Crippen molar-refractivity contribution < 1.29 is 24.5 Å². The summed E-state index contributed by atoms with van der Waals surface area (Å²) in [4.78, 5) is 23.8. The molecule has 1 fully saturated rings. The van der Waals surface area contributed by atoms with Gasteiger partial charge in [-0.3, -0.25) is 9.36 Å². The Kier molecular flexibility index (Phi) is 3.98. The number of nitrogen functional groups attached to an aromatic ring is 1.